The fraction of sp³-hybridized carbons (Fsp3) is 0.684. The summed E-state index contributed by atoms with van der Waals surface area (Å²) in [6.45, 7) is 8.72. The molecule has 0 spiro atoms. The molecule has 2 nitrogen and oxygen atoms in total. The van der Waals surface area contributed by atoms with E-state index in [9.17, 15) is 5.11 Å². The topological polar surface area (TPSA) is 32.3 Å². The molecule has 0 aromatic rings. The summed E-state index contributed by atoms with van der Waals surface area (Å²) in [6.07, 6.45) is 10.9. The molecule has 0 heterocycles. The zero-order valence-electron chi connectivity index (χ0n) is 13.8. The lowest BCUT2D eigenvalue weighted by atomic mass is 10.1. The van der Waals surface area contributed by atoms with E-state index < -0.39 is 6.10 Å². The number of aliphatic hydroxyl groups is 1. The van der Waals surface area contributed by atoms with E-state index in [2.05, 4.69) is 49.4 Å². The van der Waals surface area contributed by atoms with Gasteiger partial charge in [0.15, 0.2) is 0 Å². The summed E-state index contributed by atoms with van der Waals surface area (Å²) in [4.78, 5) is 0. The van der Waals surface area contributed by atoms with Crippen LogP contribution in [-0.4, -0.2) is 23.8 Å². The summed E-state index contributed by atoms with van der Waals surface area (Å²) in [7, 11) is 0. The molecule has 118 valence electrons. The Morgan fingerprint density at radius 1 is 1.00 bits per heavy atom. The van der Waals surface area contributed by atoms with E-state index in [-0.39, 0.29) is 6.04 Å². The Bertz CT molecular complexity index is 366. The second kappa shape index (κ2) is 15.2. The van der Waals surface area contributed by atoms with Crippen molar-refractivity contribution in [1.29, 1.82) is 0 Å². The van der Waals surface area contributed by atoms with Crippen molar-refractivity contribution in [1.82, 2.24) is 5.32 Å². The lowest BCUT2D eigenvalue weighted by molar-refractivity contribution is 0.281. The summed E-state index contributed by atoms with van der Waals surface area (Å²) in [6, 6.07) is 0.209. The predicted molar refractivity (Wildman–Crippen MR) is 91.8 cm³/mol. The molecule has 0 radical (unpaired) electrons. The molecule has 0 saturated heterocycles. The lowest BCUT2D eigenvalue weighted by Crippen LogP contribution is -2.27. The number of nitrogens with one attached hydrogen (secondary N) is 1. The average molecular weight is 289 g/mol. The maximum atomic E-state index is 9.21. The first kappa shape index (κ1) is 19.8. The van der Waals surface area contributed by atoms with E-state index in [1.165, 1.54) is 51.0 Å². The Balaban J connectivity index is 3.93. The molecule has 2 atom stereocenters. The van der Waals surface area contributed by atoms with Crippen LogP contribution in [0.4, 0.5) is 0 Å². The van der Waals surface area contributed by atoms with E-state index in [0.29, 0.717) is 0 Å². The number of hydrogen-bond acceptors (Lipinski definition) is 2. The third kappa shape index (κ3) is 13.5. The van der Waals surface area contributed by atoms with Gasteiger partial charge >= 0.3 is 0 Å². The minimum atomic E-state index is -0.778. The molecular formula is C19H31NO. The van der Waals surface area contributed by atoms with E-state index in [1.807, 2.05) is 0 Å². The molecule has 0 aliphatic heterocycles. The number of unbranched alkanes of at least 4 members (excludes halogenated alkanes) is 6. The van der Waals surface area contributed by atoms with Crippen LogP contribution in [0.3, 0.4) is 0 Å². The highest BCUT2D eigenvalue weighted by atomic mass is 16.3. The van der Waals surface area contributed by atoms with Gasteiger partial charge in [-0.2, -0.15) is 0 Å². The Morgan fingerprint density at radius 3 is 2.24 bits per heavy atom. The third-order valence-corrected chi connectivity index (χ3v) is 3.30. The molecule has 0 unspecified atom stereocenters. The molecule has 2 N–H and O–H groups in total. The van der Waals surface area contributed by atoms with E-state index >= 15 is 0 Å². The lowest BCUT2D eigenvalue weighted by Gasteiger charge is -2.10. The fourth-order valence-corrected chi connectivity index (χ4v) is 2.07. The number of hydrogen-bond donors (Lipinski definition) is 2. The van der Waals surface area contributed by atoms with Crippen molar-refractivity contribution in [3.63, 3.8) is 0 Å². The largest absolute Gasteiger partial charge is 0.377 e. The van der Waals surface area contributed by atoms with Gasteiger partial charge in [-0.25, -0.2) is 0 Å². The molecule has 0 aromatic heterocycles. The van der Waals surface area contributed by atoms with Crippen molar-refractivity contribution in [2.45, 2.75) is 77.4 Å². The molecule has 0 aromatic carbocycles. The van der Waals surface area contributed by atoms with Gasteiger partial charge in [-0.05, 0) is 24.8 Å². The van der Waals surface area contributed by atoms with Crippen LogP contribution in [0.25, 0.3) is 0 Å². The average Bonchev–Trinajstić information content (AvgIpc) is 2.50. The minimum absolute atomic E-state index is 0.209. The van der Waals surface area contributed by atoms with Crippen molar-refractivity contribution in [3.05, 3.63) is 12.7 Å². The molecule has 2 heteroatoms. The van der Waals surface area contributed by atoms with Crippen molar-refractivity contribution in [2.24, 2.45) is 0 Å². The van der Waals surface area contributed by atoms with E-state index in [4.69, 9.17) is 0 Å². The molecule has 21 heavy (non-hydrogen) atoms. The van der Waals surface area contributed by atoms with E-state index in [1.54, 1.807) is 0 Å². The van der Waals surface area contributed by atoms with Gasteiger partial charge in [0.1, 0.15) is 6.10 Å². The summed E-state index contributed by atoms with van der Waals surface area (Å²) in [5.41, 5.74) is 0. The van der Waals surface area contributed by atoms with Gasteiger partial charge in [-0.3, -0.25) is 0 Å². The van der Waals surface area contributed by atoms with Crippen LogP contribution in [-0.2, 0) is 0 Å². The van der Waals surface area contributed by atoms with Crippen molar-refractivity contribution >= 4 is 0 Å². The summed E-state index contributed by atoms with van der Waals surface area (Å²) in [5, 5.41) is 12.6. The molecule has 0 amide bonds. The SMILES string of the molecule is C=C[C@H](O)C#CC#C[C@@H](CCCCCCCCC)NCC. The second-order valence-corrected chi connectivity index (χ2v) is 5.24. The van der Waals surface area contributed by atoms with Crippen LogP contribution in [0.5, 0.6) is 0 Å². The van der Waals surface area contributed by atoms with Gasteiger partial charge in [-0.1, -0.05) is 83.3 Å². The smallest absolute Gasteiger partial charge is 0.134 e. The highest BCUT2D eigenvalue weighted by Gasteiger charge is 2.02. The maximum absolute atomic E-state index is 9.21. The van der Waals surface area contributed by atoms with Gasteiger partial charge < -0.3 is 10.4 Å². The van der Waals surface area contributed by atoms with Crippen LogP contribution in [0.1, 0.15) is 65.2 Å². The van der Waals surface area contributed by atoms with Crippen LogP contribution >= 0.6 is 0 Å². The maximum Gasteiger partial charge on any atom is 0.134 e. The zero-order chi connectivity index (χ0) is 15.8. The summed E-state index contributed by atoms with van der Waals surface area (Å²) in [5.74, 6) is 11.2. The minimum Gasteiger partial charge on any atom is -0.377 e. The molecule has 0 saturated carbocycles. The first-order valence-electron chi connectivity index (χ1n) is 8.29. The van der Waals surface area contributed by atoms with Crippen LogP contribution < -0.4 is 5.32 Å². The van der Waals surface area contributed by atoms with Crippen LogP contribution in [0.15, 0.2) is 12.7 Å². The first-order chi connectivity index (χ1) is 10.2. The normalized spacial score (nSPS) is 12.5. The fourth-order valence-electron chi connectivity index (χ4n) is 2.07. The van der Waals surface area contributed by atoms with Gasteiger partial charge in [0.2, 0.25) is 0 Å². The highest BCUT2D eigenvalue weighted by molar-refractivity contribution is 5.30. The quantitative estimate of drug-likeness (QED) is 0.346. The van der Waals surface area contributed by atoms with Crippen molar-refractivity contribution in [3.8, 4) is 23.7 Å². The van der Waals surface area contributed by atoms with Crippen LogP contribution in [0.2, 0.25) is 0 Å². The van der Waals surface area contributed by atoms with Gasteiger partial charge in [-0.15, -0.1) is 0 Å². The van der Waals surface area contributed by atoms with Gasteiger partial charge in [0.25, 0.3) is 0 Å². The molecular weight excluding hydrogens is 258 g/mol. The predicted octanol–water partition coefficient (Wildman–Crippen LogP) is 3.66. The number of rotatable bonds is 11. The standard InChI is InChI=1S/C19H31NO/c1-4-7-8-9-10-11-12-15-18(20-6-3)16-13-14-17-19(21)5-2/h5,18-21H,2,4,6-12,15H2,1,3H3/t18-,19+/m1/s1. The van der Waals surface area contributed by atoms with Crippen LogP contribution in [0, 0.1) is 23.7 Å². The Hall–Kier alpha value is -1.22. The Morgan fingerprint density at radius 2 is 1.62 bits per heavy atom. The molecule has 0 aliphatic carbocycles. The number of aliphatic hydroxyl groups excluding tert-OH is 1. The molecule has 0 rings (SSSR count). The molecule has 0 bridgehead atoms. The van der Waals surface area contributed by atoms with Gasteiger partial charge in [0.05, 0.1) is 6.04 Å². The molecule has 0 aliphatic rings. The first-order valence-corrected chi connectivity index (χ1v) is 8.29. The summed E-state index contributed by atoms with van der Waals surface area (Å²) < 4.78 is 0. The molecule has 0 fully saturated rings. The van der Waals surface area contributed by atoms with Gasteiger partial charge in [0, 0.05) is 0 Å². The second-order valence-electron chi connectivity index (χ2n) is 5.24. The Kier molecular flexibility index (Phi) is 14.3. The van der Waals surface area contributed by atoms with Crippen molar-refractivity contribution in [2.75, 3.05) is 6.54 Å². The Labute approximate surface area is 131 Å². The third-order valence-electron chi connectivity index (χ3n) is 3.30. The van der Waals surface area contributed by atoms with E-state index in [0.717, 1.165) is 13.0 Å². The highest BCUT2D eigenvalue weighted by Crippen LogP contribution is 2.09. The summed E-state index contributed by atoms with van der Waals surface area (Å²) >= 11 is 0. The monoisotopic (exact) mass is 289 g/mol. The zero-order valence-corrected chi connectivity index (χ0v) is 13.8. The van der Waals surface area contributed by atoms with Crippen molar-refractivity contribution < 1.29 is 5.11 Å².